The number of nitrogens with one attached hydrogen (secondary N) is 1. The van der Waals surface area contributed by atoms with Gasteiger partial charge in [0.15, 0.2) is 0 Å². The van der Waals surface area contributed by atoms with Crippen LogP contribution in [0.3, 0.4) is 0 Å². The summed E-state index contributed by atoms with van der Waals surface area (Å²) in [6.45, 7) is 8.62. The van der Waals surface area contributed by atoms with Crippen LogP contribution in [0.15, 0.2) is 18.2 Å². The summed E-state index contributed by atoms with van der Waals surface area (Å²) in [5.74, 6) is 0.504. The number of benzene rings is 1. The first-order valence-electron chi connectivity index (χ1n) is 6.56. The van der Waals surface area contributed by atoms with Crippen molar-refractivity contribution in [3.8, 4) is 0 Å². The van der Waals surface area contributed by atoms with E-state index in [-0.39, 0.29) is 0 Å². The van der Waals surface area contributed by atoms with Gasteiger partial charge in [-0.3, -0.25) is 0 Å². The summed E-state index contributed by atoms with van der Waals surface area (Å²) in [7, 11) is 0. The summed E-state index contributed by atoms with van der Waals surface area (Å²) in [6, 6.07) is 6.83. The van der Waals surface area contributed by atoms with E-state index >= 15 is 0 Å². The van der Waals surface area contributed by atoms with E-state index < -0.39 is 5.60 Å². The summed E-state index contributed by atoms with van der Waals surface area (Å²) in [5, 5.41) is 13.8. The first-order valence-corrected chi connectivity index (χ1v) is 6.56. The van der Waals surface area contributed by atoms with Crippen LogP contribution in [0.4, 0.5) is 5.69 Å². The Morgan fingerprint density at radius 2 is 1.82 bits per heavy atom. The van der Waals surface area contributed by atoms with Gasteiger partial charge in [0.05, 0.1) is 5.60 Å². The lowest BCUT2D eigenvalue weighted by atomic mass is 9.96. The average Bonchev–Trinajstić information content (AvgIpc) is 2.97. The molecular formula is C15H23NO. The van der Waals surface area contributed by atoms with Crippen LogP contribution in [-0.4, -0.2) is 11.1 Å². The lowest BCUT2D eigenvalue weighted by molar-refractivity contribution is 0.152. The number of hydrogen-bond donors (Lipinski definition) is 2. The SMILES string of the molecule is CC(C)Nc1ccc(C(C)C)cc1C1(O)CC1. The molecule has 2 heteroatoms. The van der Waals surface area contributed by atoms with Crippen molar-refractivity contribution in [3.05, 3.63) is 29.3 Å². The molecule has 1 fully saturated rings. The van der Waals surface area contributed by atoms with Crippen molar-refractivity contribution in [2.45, 2.75) is 58.1 Å². The minimum Gasteiger partial charge on any atom is -0.385 e. The minimum absolute atomic E-state index is 0.390. The molecule has 1 aliphatic rings. The number of aliphatic hydroxyl groups is 1. The van der Waals surface area contributed by atoms with Gasteiger partial charge in [-0.05, 0) is 44.2 Å². The molecule has 1 saturated carbocycles. The highest BCUT2D eigenvalue weighted by atomic mass is 16.3. The summed E-state index contributed by atoms with van der Waals surface area (Å²) < 4.78 is 0. The summed E-state index contributed by atoms with van der Waals surface area (Å²) in [6.07, 6.45) is 1.78. The highest BCUT2D eigenvalue weighted by Gasteiger charge is 2.43. The molecule has 0 aromatic heterocycles. The molecule has 94 valence electrons. The molecule has 0 unspecified atom stereocenters. The molecule has 2 nitrogen and oxygen atoms in total. The third-order valence-electron chi connectivity index (χ3n) is 3.38. The number of rotatable bonds is 4. The van der Waals surface area contributed by atoms with Gasteiger partial charge in [-0.25, -0.2) is 0 Å². The first-order chi connectivity index (χ1) is 7.92. The molecule has 2 rings (SSSR count). The van der Waals surface area contributed by atoms with Gasteiger partial charge in [0.25, 0.3) is 0 Å². The second-order valence-corrected chi connectivity index (χ2v) is 5.79. The van der Waals surface area contributed by atoms with Crippen molar-refractivity contribution in [1.82, 2.24) is 0 Å². The van der Waals surface area contributed by atoms with Crippen LogP contribution in [0.1, 0.15) is 57.6 Å². The molecule has 17 heavy (non-hydrogen) atoms. The minimum atomic E-state index is -0.567. The monoisotopic (exact) mass is 233 g/mol. The zero-order chi connectivity index (χ0) is 12.6. The number of hydrogen-bond acceptors (Lipinski definition) is 2. The molecule has 2 N–H and O–H groups in total. The third-order valence-corrected chi connectivity index (χ3v) is 3.38. The molecule has 0 spiro atoms. The fourth-order valence-electron chi connectivity index (χ4n) is 2.13. The second kappa shape index (κ2) is 4.34. The van der Waals surface area contributed by atoms with Gasteiger partial charge < -0.3 is 10.4 Å². The van der Waals surface area contributed by atoms with E-state index in [9.17, 15) is 5.11 Å². The molecule has 0 heterocycles. The van der Waals surface area contributed by atoms with Crippen molar-refractivity contribution in [3.63, 3.8) is 0 Å². The van der Waals surface area contributed by atoms with E-state index in [2.05, 4.69) is 51.2 Å². The molecular weight excluding hydrogens is 210 g/mol. The largest absolute Gasteiger partial charge is 0.385 e. The highest BCUT2D eigenvalue weighted by Crippen LogP contribution is 2.48. The molecule has 0 radical (unpaired) electrons. The molecule has 0 bridgehead atoms. The fourth-order valence-corrected chi connectivity index (χ4v) is 2.13. The first kappa shape index (κ1) is 12.4. The predicted octanol–water partition coefficient (Wildman–Crippen LogP) is 3.61. The van der Waals surface area contributed by atoms with Gasteiger partial charge in [-0.1, -0.05) is 26.0 Å². The molecule has 1 aromatic rings. The van der Waals surface area contributed by atoms with E-state index in [4.69, 9.17) is 0 Å². The Labute approximate surface area is 104 Å². The quantitative estimate of drug-likeness (QED) is 0.832. The van der Waals surface area contributed by atoms with Crippen molar-refractivity contribution in [2.24, 2.45) is 0 Å². The van der Waals surface area contributed by atoms with Crippen LogP contribution >= 0.6 is 0 Å². The maximum atomic E-state index is 10.4. The van der Waals surface area contributed by atoms with E-state index in [0.717, 1.165) is 24.1 Å². The number of anilines is 1. The van der Waals surface area contributed by atoms with Crippen LogP contribution < -0.4 is 5.32 Å². The molecule has 0 atom stereocenters. The van der Waals surface area contributed by atoms with Gasteiger partial charge in [0, 0.05) is 17.3 Å². The van der Waals surface area contributed by atoms with Crippen LogP contribution in [0.2, 0.25) is 0 Å². The second-order valence-electron chi connectivity index (χ2n) is 5.79. The van der Waals surface area contributed by atoms with E-state index in [1.54, 1.807) is 0 Å². The van der Waals surface area contributed by atoms with Gasteiger partial charge in [-0.2, -0.15) is 0 Å². The maximum Gasteiger partial charge on any atom is 0.0918 e. The molecule has 0 amide bonds. The Kier molecular flexibility index (Phi) is 3.17. The Hall–Kier alpha value is -1.02. The zero-order valence-corrected chi connectivity index (χ0v) is 11.2. The zero-order valence-electron chi connectivity index (χ0n) is 11.2. The van der Waals surface area contributed by atoms with E-state index in [1.807, 2.05) is 0 Å². The van der Waals surface area contributed by atoms with Crippen LogP contribution in [-0.2, 0) is 5.60 Å². The summed E-state index contributed by atoms with van der Waals surface area (Å²) in [4.78, 5) is 0. The lowest BCUT2D eigenvalue weighted by Gasteiger charge is -2.20. The lowest BCUT2D eigenvalue weighted by Crippen LogP contribution is -2.16. The molecule has 0 aliphatic heterocycles. The summed E-state index contributed by atoms with van der Waals surface area (Å²) in [5.41, 5.74) is 2.90. The third kappa shape index (κ3) is 2.63. The summed E-state index contributed by atoms with van der Waals surface area (Å²) >= 11 is 0. The Morgan fingerprint density at radius 3 is 2.29 bits per heavy atom. The normalized spacial score (nSPS) is 17.6. The Balaban J connectivity index is 2.38. The topological polar surface area (TPSA) is 32.3 Å². The van der Waals surface area contributed by atoms with Crippen molar-refractivity contribution >= 4 is 5.69 Å². The van der Waals surface area contributed by atoms with Crippen molar-refractivity contribution in [2.75, 3.05) is 5.32 Å². The van der Waals surface area contributed by atoms with E-state index in [0.29, 0.717) is 12.0 Å². The van der Waals surface area contributed by atoms with E-state index in [1.165, 1.54) is 5.56 Å². The predicted molar refractivity (Wildman–Crippen MR) is 72.4 cm³/mol. The van der Waals surface area contributed by atoms with Crippen LogP contribution in [0.5, 0.6) is 0 Å². The molecule has 1 aromatic carbocycles. The van der Waals surface area contributed by atoms with Gasteiger partial charge >= 0.3 is 0 Å². The standard InChI is InChI=1S/C15H23NO/c1-10(2)12-5-6-14(16-11(3)4)13(9-12)15(17)7-8-15/h5-6,9-11,16-17H,7-8H2,1-4H3. The van der Waals surface area contributed by atoms with Gasteiger partial charge in [0.1, 0.15) is 0 Å². The molecule has 0 saturated heterocycles. The Morgan fingerprint density at radius 1 is 1.18 bits per heavy atom. The average molecular weight is 233 g/mol. The highest BCUT2D eigenvalue weighted by molar-refractivity contribution is 5.57. The van der Waals surface area contributed by atoms with Crippen molar-refractivity contribution < 1.29 is 5.11 Å². The smallest absolute Gasteiger partial charge is 0.0918 e. The van der Waals surface area contributed by atoms with Gasteiger partial charge in [0.2, 0.25) is 0 Å². The Bertz CT molecular complexity index is 405. The molecule has 1 aliphatic carbocycles. The fraction of sp³-hybridized carbons (Fsp3) is 0.600. The maximum absolute atomic E-state index is 10.4. The van der Waals surface area contributed by atoms with Crippen molar-refractivity contribution in [1.29, 1.82) is 0 Å². The van der Waals surface area contributed by atoms with Gasteiger partial charge in [-0.15, -0.1) is 0 Å². The van der Waals surface area contributed by atoms with Crippen LogP contribution in [0, 0.1) is 0 Å². The van der Waals surface area contributed by atoms with Crippen LogP contribution in [0.25, 0.3) is 0 Å².